The van der Waals surface area contributed by atoms with Crippen LogP contribution >= 0.6 is 0 Å². The number of benzene rings is 4. The van der Waals surface area contributed by atoms with Crippen LogP contribution in [0.3, 0.4) is 0 Å². The minimum atomic E-state index is -0.414. The largest absolute Gasteiger partial charge is 0.349 e. The van der Waals surface area contributed by atoms with Gasteiger partial charge in [-0.15, -0.1) is 5.10 Å². The first kappa shape index (κ1) is 24.3. The second-order valence-electron chi connectivity index (χ2n) is 8.93. The highest BCUT2D eigenvalue weighted by Crippen LogP contribution is 2.28. The zero-order valence-corrected chi connectivity index (χ0v) is 20.8. The number of amides is 2. The third-order valence-electron chi connectivity index (χ3n) is 6.40. The molecule has 2 heterocycles. The van der Waals surface area contributed by atoms with E-state index in [-0.39, 0.29) is 11.6 Å². The molecule has 6 rings (SSSR count). The maximum atomic E-state index is 13.2. The van der Waals surface area contributed by atoms with Crippen molar-refractivity contribution < 1.29 is 9.59 Å². The Kier molecular flexibility index (Phi) is 6.28. The van der Waals surface area contributed by atoms with Crippen LogP contribution < -0.4 is 10.6 Å². The molecule has 2 amide bonds. The van der Waals surface area contributed by atoms with E-state index in [4.69, 9.17) is 0 Å². The summed E-state index contributed by atoms with van der Waals surface area (Å²) in [5.74, 6) is -0.370. The molecule has 0 aliphatic heterocycles. The number of nitrogens with one attached hydrogen (secondary N) is 4. The number of para-hydroxylation sites is 1. The van der Waals surface area contributed by atoms with Gasteiger partial charge in [0.2, 0.25) is 0 Å². The summed E-state index contributed by atoms with van der Waals surface area (Å²) in [4.78, 5) is 29.4. The molecule has 0 radical (unpaired) electrons. The highest BCUT2D eigenvalue weighted by molar-refractivity contribution is 6.11. The van der Waals surface area contributed by atoms with Crippen LogP contribution in [0.5, 0.6) is 0 Å². The number of carbonyl (C=O) groups is 2. The van der Waals surface area contributed by atoms with Crippen LogP contribution in [-0.2, 0) is 0 Å². The predicted octanol–water partition coefficient (Wildman–Crippen LogP) is 5.39. The third-order valence-corrected chi connectivity index (χ3v) is 6.40. The fourth-order valence-corrected chi connectivity index (χ4v) is 4.40. The van der Waals surface area contributed by atoms with Crippen molar-refractivity contribution in [3.05, 3.63) is 114 Å². The van der Waals surface area contributed by atoms with Crippen LogP contribution in [0.15, 0.2) is 97.1 Å². The summed E-state index contributed by atoms with van der Waals surface area (Å²) in [6.45, 7) is 0. The van der Waals surface area contributed by atoms with Crippen LogP contribution in [0.4, 0.5) is 11.4 Å². The van der Waals surface area contributed by atoms with Crippen molar-refractivity contribution in [2.75, 3.05) is 10.6 Å². The molecule has 0 aliphatic rings. The molecule has 0 fully saturated rings. The zero-order valence-electron chi connectivity index (χ0n) is 20.8. The molecule has 0 saturated carbocycles. The topological polar surface area (TPSA) is 152 Å². The molecule has 192 valence electrons. The Morgan fingerprint density at radius 1 is 0.775 bits per heavy atom. The molecule has 2 aromatic heterocycles. The quantitative estimate of drug-likeness (QED) is 0.229. The molecule has 6 aromatic rings. The molecule has 0 atom stereocenters. The fourth-order valence-electron chi connectivity index (χ4n) is 4.40. The SMILES string of the molecule is N#Cc1ccc(NC(=O)c2cc3cccc(NC(=O)c4ccc(-c5ccccc5)cc4)c3[nH]2)c(-c2nnn[nH]2)c1. The molecule has 4 aromatic carbocycles. The Hall–Kier alpha value is -6.08. The van der Waals surface area contributed by atoms with Crippen molar-refractivity contribution in [1.82, 2.24) is 25.6 Å². The van der Waals surface area contributed by atoms with E-state index in [2.05, 4.69) is 42.3 Å². The Morgan fingerprint density at radius 3 is 2.30 bits per heavy atom. The van der Waals surface area contributed by atoms with E-state index in [9.17, 15) is 14.9 Å². The number of anilines is 2. The lowest BCUT2D eigenvalue weighted by Gasteiger charge is -2.09. The molecule has 4 N–H and O–H groups in total. The first-order chi connectivity index (χ1) is 19.6. The maximum Gasteiger partial charge on any atom is 0.272 e. The van der Waals surface area contributed by atoms with Gasteiger partial charge in [0, 0.05) is 16.5 Å². The van der Waals surface area contributed by atoms with Gasteiger partial charge in [0.1, 0.15) is 5.69 Å². The van der Waals surface area contributed by atoms with Gasteiger partial charge in [0.15, 0.2) is 5.82 Å². The maximum absolute atomic E-state index is 13.2. The summed E-state index contributed by atoms with van der Waals surface area (Å²) in [6, 6.07) is 31.3. The van der Waals surface area contributed by atoms with Crippen LogP contribution in [0.1, 0.15) is 26.4 Å². The van der Waals surface area contributed by atoms with Gasteiger partial charge in [-0.3, -0.25) is 9.59 Å². The smallest absolute Gasteiger partial charge is 0.272 e. The lowest BCUT2D eigenvalue weighted by Crippen LogP contribution is -2.14. The van der Waals surface area contributed by atoms with Crippen LogP contribution in [0, 0.1) is 11.3 Å². The lowest BCUT2D eigenvalue weighted by atomic mass is 10.0. The van der Waals surface area contributed by atoms with Crippen LogP contribution in [0.25, 0.3) is 33.4 Å². The molecular formula is C30H20N8O2. The molecule has 0 bridgehead atoms. The molecule has 10 heteroatoms. The molecule has 40 heavy (non-hydrogen) atoms. The Morgan fingerprint density at radius 2 is 1.55 bits per heavy atom. The number of tetrazole rings is 1. The standard InChI is InChI=1S/C30H20N8O2/c31-17-18-9-14-24(23(15-18)28-35-37-38-36-28)33-30(40)26-16-22-7-4-8-25(27(22)32-26)34-29(39)21-12-10-20(11-13-21)19-5-2-1-3-6-19/h1-16,32H,(H,33,40)(H,34,39)(H,35,36,37,38). The zero-order chi connectivity index (χ0) is 27.5. The number of rotatable bonds is 6. The first-order valence-corrected chi connectivity index (χ1v) is 12.3. The van der Waals surface area contributed by atoms with Crippen LogP contribution in [-0.4, -0.2) is 37.4 Å². The monoisotopic (exact) mass is 524 g/mol. The van der Waals surface area contributed by atoms with E-state index in [0.29, 0.717) is 39.4 Å². The summed E-state index contributed by atoms with van der Waals surface area (Å²) in [6.07, 6.45) is 0. The fraction of sp³-hybridized carbons (Fsp3) is 0. The van der Waals surface area contributed by atoms with E-state index < -0.39 is 5.91 Å². The van der Waals surface area contributed by atoms with E-state index in [1.165, 1.54) is 0 Å². The summed E-state index contributed by atoms with van der Waals surface area (Å²) in [7, 11) is 0. The van der Waals surface area contributed by atoms with Crippen molar-refractivity contribution in [1.29, 1.82) is 5.26 Å². The normalized spacial score (nSPS) is 10.7. The Bertz CT molecular complexity index is 1890. The van der Waals surface area contributed by atoms with Crippen LogP contribution in [0.2, 0.25) is 0 Å². The van der Waals surface area contributed by atoms with Crippen molar-refractivity contribution in [2.24, 2.45) is 0 Å². The first-order valence-electron chi connectivity index (χ1n) is 12.3. The number of hydrogen-bond acceptors (Lipinski definition) is 6. The molecule has 0 saturated heterocycles. The van der Waals surface area contributed by atoms with Gasteiger partial charge in [-0.2, -0.15) is 5.26 Å². The van der Waals surface area contributed by atoms with Crippen molar-refractivity contribution in [3.8, 4) is 28.6 Å². The molecule has 0 unspecified atom stereocenters. The minimum absolute atomic E-state index is 0.268. The molecule has 10 nitrogen and oxygen atoms in total. The van der Waals surface area contributed by atoms with Gasteiger partial charge < -0.3 is 15.6 Å². The average molecular weight is 525 g/mol. The van der Waals surface area contributed by atoms with E-state index >= 15 is 0 Å². The van der Waals surface area contributed by atoms with Crippen molar-refractivity contribution in [3.63, 3.8) is 0 Å². The predicted molar refractivity (Wildman–Crippen MR) is 150 cm³/mol. The van der Waals surface area contributed by atoms with Gasteiger partial charge in [0.05, 0.1) is 28.5 Å². The highest BCUT2D eigenvalue weighted by atomic mass is 16.2. The minimum Gasteiger partial charge on any atom is -0.349 e. The average Bonchev–Trinajstić information content (AvgIpc) is 3.69. The van der Waals surface area contributed by atoms with Crippen molar-refractivity contribution in [2.45, 2.75) is 0 Å². The van der Waals surface area contributed by atoms with Gasteiger partial charge >= 0.3 is 0 Å². The van der Waals surface area contributed by atoms with E-state index in [0.717, 1.165) is 16.5 Å². The number of aromatic nitrogens is 5. The lowest BCUT2D eigenvalue weighted by molar-refractivity contribution is 0.101. The van der Waals surface area contributed by atoms with Gasteiger partial charge in [-0.25, -0.2) is 5.10 Å². The number of fused-ring (bicyclic) bond motifs is 1. The summed E-state index contributed by atoms with van der Waals surface area (Å²) < 4.78 is 0. The van der Waals surface area contributed by atoms with Gasteiger partial charge in [0.25, 0.3) is 11.8 Å². The third kappa shape index (κ3) is 4.78. The molecule has 0 spiro atoms. The van der Waals surface area contributed by atoms with E-state index in [1.807, 2.05) is 54.6 Å². The molecule has 0 aliphatic carbocycles. The van der Waals surface area contributed by atoms with Gasteiger partial charge in [-0.05, 0) is 64.0 Å². The molecular weight excluding hydrogens is 504 g/mol. The summed E-state index contributed by atoms with van der Waals surface area (Å²) >= 11 is 0. The number of carbonyl (C=O) groups excluding carboxylic acids is 2. The summed E-state index contributed by atoms with van der Waals surface area (Å²) in [5, 5.41) is 29.5. The number of nitriles is 1. The second kappa shape index (κ2) is 10.4. The number of hydrogen-bond donors (Lipinski definition) is 4. The number of aromatic amines is 2. The number of nitrogens with zero attached hydrogens (tertiary/aromatic N) is 4. The Labute approximate surface area is 227 Å². The second-order valence-corrected chi connectivity index (χ2v) is 8.93. The van der Waals surface area contributed by atoms with Crippen molar-refractivity contribution >= 4 is 34.1 Å². The van der Waals surface area contributed by atoms with Gasteiger partial charge in [-0.1, -0.05) is 54.6 Å². The summed E-state index contributed by atoms with van der Waals surface area (Å²) in [5.41, 5.74) is 5.33. The Balaban J connectivity index is 1.23. The number of H-pyrrole nitrogens is 2. The highest BCUT2D eigenvalue weighted by Gasteiger charge is 2.17. The van der Waals surface area contributed by atoms with E-state index in [1.54, 1.807) is 42.5 Å².